The molecule has 1 aromatic rings. The molecule has 1 saturated carbocycles. The number of halogens is 3. The first-order valence-corrected chi connectivity index (χ1v) is 8.97. The maximum atomic E-state index is 12.6. The summed E-state index contributed by atoms with van der Waals surface area (Å²) in [4.78, 5) is 18.3. The Hall–Kier alpha value is -1.04. The van der Waals surface area contributed by atoms with Gasteiger partial charge in [-0.2, -0.15) is 4.94 Å². The summed E-state index contributed by atoms with van der Waals surface area (Å²) in [5.74, 6) is 0.908. The van der Waals surface area contributed by atoms with E-state index in [1.165, 1.54) is 0 Å². The third-order valence-corrected chi connectivity index (χ3v) is 5.42. The molecule has 1 heterocycles. The van der Waals surface area contributed by atoms with E-state index in [1.54, 1.807) is 18.2 Å². The molecule has 24 heavy (non-hydrogen) atoms. The summed E-state index contributed by atoms with van der Waals surface area (Å²) in [6.45, 7) is 1.59. The molecule has 7 heteroatoms. The van der Waals surface area contributed by atoms with Crippen LogP contribution in [0, 0.1) is 11.8 Å². The number of fused-ring (bicyclic) bond motifs is 2. The van der Waals surface area contributed by atoms with Gasteiger partial charge < -0.3 is 9.64 Å². The average Bonchev–Trinajstić information content (AvgIpc) is 2.80. The van der Waals surface area contributed by atoms with Gasteiger partial charge in [-0.15, -0.1) is 0 Å². The van der Waals surface area contributed by atoms with E-state index in [0.29, 0.717) is 48.3 Å². The number of likely N-dealkylation sites (tertiary alicyclic amines) is 1. The predicted octanol–water partition coefficient (Wildman–Crippen LogP) is 4.29. The molecule has 2 aliphatic rings. The van der Waals surface area contributed by atoms with Crippen LogP contribution in [0.2, 0.25) is 10.0 Å². The van der Waals surface area contributed by atoms with Crippen LogP contribution >= 0.6 is 23.2 Å². The molecule has 1 saturated heterocycles. The molecule has 0 radical (unpaired) electrons. The minimum atomic E-state index is -0.329. The Morgan fingerprint density at radius 3 is 2.58 bits per heavy atom. The highest BCUT2D eigenvalue weighted by molar-refractivity contribution is 6.35. The van der Waals surface area contributed by atoms with Crippen LogP contribution in [0.15, 0.2) is 18.2 Å². The van der Waals surface area contributed by atoms with E-state index in [-0.39, 0.29) is 23.8 Å². The average molecular weight is 376 g/mol. The normalized spacial score (nSPS) is 25.8. The molecule has 2 atom stereocenters. The van der Waals surface area contributed by atoms with Crippen LogP contribution in [-0.4, -0.2) is 36.6 Å². The Kier molecular flexibility index (Phi) is 5.85. The number of benzene rings is 1. The van der Waals surface area contributed by atoms with Gasteiger partial charge in [0.15, 0.2) is 0 Å². The first kappa shape index (κ1) is 17.8. The third-order valence-electron chi connectivity index (χ3n) is 4.89. The zero-order valence-corrected chi connectivity index (χ0v) is 14.7. The van der Waals surface area contributed by atoms with E-state index in [4.69, 9.17) is 27.9 Å². The molecule has 1 aliphatic carbocycles. The number of carbonyl (C=O) groups is 1. The summed E-state index contributed by atoms with van der Waals surface area (Å²) in [5, 5.41) is 1.01. The summed E-state index contributed by atoms with van der Waals surface area (Å²) in [6.07, 6.45) is 2.55. The first-order valence-electron chi connectivity index (χ1n) is 8.21. The van der Waals surface area contributed by atoms with Crippen LogP contribution in [0.5, 0.6) is 5.75 Å². The van der Waals surface area contributed by atoms with Crippen LogP contribution in [0.25, 0.3) is 0 Å². The summed E-state index contributed by atoms with van der Waals surface area (Å²) < 4.78 is 18.2. The van der Waals surface area contributed by atoms with Gasteiger partial charge in [-0.3, -0.25) is 4.79 Å². The molecule has 1 aromatic carbocycles. The Balaban J connectivity index is 1.42. The maximum Gasteiger partial charge on any atom is 0.222 e. The van der Waals surface area contributed by atoms with Crippen molar-refractivity contribution >= 4 is 29.1 Å². The lowest BCUT2D eigenvalue weighted by atomic mass is 9.95. The number of amides is 1. The van der Waals surface area contributed by atoms with Gasteiger partial charge in [-0.25, -0.2) is 0 Å². The van der Waals surface area contributed by atoms with Crippen LogP contribution in [0.1, 0.15) is 25.7 Å². The number of piperidine rings is 1. The van der Waals surface area contributed by atoms with Gasteiger partial charge in [-0.1, -0.05) is 23.2 Å². The second-order valence-electron chi connectivity index (χ2n) is 6.48. The minimum absolute atomic E-state index is 0.0926. The largest absolute Gasteiger partial charge is 0.492 e. The van der Waals surface area contributed by atoms with E-state index < -0.39 is 0 Å². The fourth-order valence-electron chi connectivity index (χ4n) is 3.68. The Morgan fingerprint density at radius 1 is 1.25 bits per heavy atom. The Bertz CT molecular complexity index is 587. The van der Waals surface area contributed by atoms with Crippen molar-refractivity contribution in [2.75, 3.05) is 19.7 Å². The van der Waals surface area contributed by atoms with Gasteiger partial charge >= 0.3 is 0 Å². The predicted molar refractivity (Wildman–Crippen MR) is 90.0 cm³/mol. The standard InChI is InChI=1S/C17H20Cl2FNO3/c18-13-5-6-15(14(19)8-13)23-7-1-2-16(22)21-9-11-3-4-12(10-21)17(11)24-20/h5-6,8,11-12,17H,1-4,7,9-10H2. The van der Waals surface area contributed by atoms with Crippen molar-refractivity contribution in [3.63, 3.8) is 0 Å². The van der Waals surface area contributed by atoms with Crippen molar-refractivity contribution in [1.29, 1.82) is 0 Å². The molecule has 2 fully saturated rings. The Labute approximate surface area is 150 Å². The molecule has 3 rings (SSSR count). The van der Waals surface area contributed by atoms with Crippen molar-refractivity contribution < 1.29 is 19.0 Å². The summed E-state index contributed by atoms with van der Waals surface area (Å²) in [7, 11) is 0. The molecular weight excluding hydrogens is 356 g/mol. The van der Waals surface area contributed by atoms with Crippen molar-refractivity contribution in [1.82, 2.24) is 4.90 Å². The lowest BCUT2D eigenvalue weighted by Crippen LogP contribution is -2.47. The second-order valence-corrected chi connectivity index (χ2v) is 7.32. The zero-order valence-electron chi connectivity index (χ0n) is 13.2. The van der Waals surface area contributed by atoms with Crippen molar-refractivity contribution in [3.05, 3.63) is 28.2 Å². The number of hydrogen-bond donors (Lipinski definition) is 0. The SMILES string of the molecule is O=C(CCCOc1ccc(Cl)cc1Cl)N1CC2CCC(C1)C2OF. The first-order chi connectivity index (χ1) is 11.6. The van der Waals surface area contributed by atoms with Gasteiger partial charge in [0, 0.05) is 36.4 Å². The molecule has 4 nitrogen and oxygen atoms in total. The fraction of sp³-hybridized carbons (Fsp3) is 0.588. The van der Waals surface area contributed by atoms with Crippen molar-refractivity contribution in [3.8, 4) is 5.75 Å². The smallest absolute Gasteiger partial charge is 0.222 e. The zero-order chi connectivity index (χ0) is 17.1. The van der Waals surface area contributed by atoms with E-state index in [0.717, 1.165) is 12.8 Å². The maximum absolute atomic E-state index is 12.6. The summed E-state index contributed by atoms with van der Waals surface area (Å²) in [5.41, 5.74) is 0. The number of ether oxygens (including phenoxy) is 1. The van der Waals surface area contributed by atoms with Gasteiger partial charge in [-0.05, 0) is 42.0 Å². The lowest BCUT2D eigenvalue weighted by molar-refractivity contribution is -0.214. The Morgan fingerprint density at radius 2 is 1.96 bits per heavy atom. The summed E-state index contributed by atoms with van der Waals surface area (Å²) >= 11 is 11.9. The highest BCUT2D eigenvalue weighted by Gasteiger charge is 2.44. The molecule has 2 bridgehead atoms. The molecular formula is C17H20Cl2FNO3. The molecule has 1 amide bonds. The van der Waals surface area contributed by atoms with Crippen LogP contribution in [0.4, 0.5) is 4.53 Å². The molecule has 0 aromatic heterocycles. The minimum Gasteiger partial charge on any atom is -0.492 e. The van der Waals surface area contributed by atoms with E-state index in [9.17, 15) is 9.32 Å². The highest BCUT2D eigenvalue weighted by Crippen LogP contribution is 2.39. The molecule has 0 spiro atoms. The lowest BCUT2D eigenvalue weighted by Gasteiger charge is -2.35. The topological polar surface area (TPSA) is 38.8 Å². The fourth-order valence-corrected chi connectivity index (χ4v) is 4.14. The van der Waals surface area contributed by atoms with Gasteiger partial charge in [0.05, 0.1) is 11.6 Å². The van der Waals surface area contributed by atoms with Crippen LogP contribution in [-0.2, 0) is 9.74 Å². The molecule has 0 N–H and O–H groups in total. The molecule has 132 valence electrons. The molecule has 1 aliphatic heterocycles. The van der Waals surface area contributed by atoms with Gasteiger partial charge in [0.1, 0.15) is 11.9 Å². The van der Waals surface area contributed by atoms with Gasteiger partial charge in [0.25, 0.3) is 0 Å². The quantitative estimate of drug-likeness (QED) is 0.696. The number of carbonyl (C=O) groups excluding carboxylic acids is 1. The van der Waals surface area contributed by atoms with Crippen molar-refractivity contribution in [2.24, 2.45) is 11.8 Å². The number of hydrogen-bond acceptors (Lipinski definition) is 3. The van der Waals surface area contributed by atoms with E-state index in [2.05, 4.69) is 4.94 Å². The number of rotatable bonds is 6. The van der Waals surface area contributed by atoms with Crippen LogP contribution < -0.4 is 4.74 Å². The van der Waals surface area contributed by atoms with E-state index in [1.807, 2.05) is 4.90 Å². The van der Waals surface area contributed by atoms with E-state index >= 15 is 0 Å². The number of nitrogens with zero attached hydrogens (tertiary/aromatic N) is 1. The molecule has 2 unspecified atom stereocenters. The third kappa shape index (κ3) is 3.95. The highest BCUT2D eigenvalue weighted by atomic mass is 35.5. The second kappa shape index (κ2) is 7.89. The van der Waals surface area contributed by atoms with Crippen molar-refractivity contribution in [2.45, 2.75) is 31.8 Å². The monoisotopic (exact) mass is 375 g/mol. The van der Waals surface area contributed by atoms with Gasteiger partial charge in [0.2, 0.25) is 5.91 Å². The van der Waals surface area contributed by atoms with Crippen LogP contribution in [0.3, 0.4) is 0 Å². The summed E-state index contributed by atoms with van der Waals surface area (Å²) in [6, 6.07) is 5.04.